The molecule has 0 saturated heterocycles. The van der Waals surface area contributed by atoms with Crippen LogP contribution >= 0.6 is 0 Å². The second-order valence-electron chi connectivity index (χ2n) is 1.89. The standard InChI is InChI=1S/C5H10O4S.Na/c1-4(3-10(7)8)5(6)9-2;/h4H,3H2,1-2H3,(H,7,8);/q;+1/p-1. The van der Waals surface area contributed by atoms with Crippen molar-refractivity contribution in [2.24, 2.45) is 5.92 Å². The molecule has 0 heterocycles. The molecular weight excluding hydrogens is 179 g/mol. The summed E-state index contributed by atoms with van der Waals surface area (Å²) in [6.45, 7) is 1.50. The zero-order chi connectivity index (χ0) is 8.15. The van der Waals surface area contributed by atoms with Gasteiger partial charge in [-0.05, 0) is 0 Å². The monoisotopic (exact) mass is 188 g/mol. The predicted molar refractivity (Wildman–Crippen MR) is 35.0 cm³/mol. The Morgan fingerprint density at radius 1 is 1.73 bits per heavy atom. The van der Waals surface area contributed by atoms with Gasteiger partial charge in [0, 0.05) is 5.75 Å². The van der Waals surface area contributed by atoms with E-state index in [1.54, 1.807) is 0 Å². The molecule has 0 spiro atoms. The van der Waals surface area contributed by atoms with Crippen molar-refractivity contribution in [2.75, 3.05) is 12.9 Å². The molecule has 60 valence electrons. The first-order chi connectivity index (χ1) is 4.57. The molecule has 11 heavy (non-hydrogen) atoms. The third kappa shape index (κ3) is 6.96. The molecule has 0 fully saturated rings. The maximum absolute atomic E-state index is 10.6. The van der Waals surface area contributed by atoms with Gasteiger partial charge in [0.2, 0.25) is 0 Å². The van der Waals surface area contributed by atoms with Gasteiger partial charge in [-0.15, -0.1) is 0 Å². The molecular formula is C5H9NaO4S. The van der Waals surface area contributed by atoms with Crippen LogP contribution in [0.1, 0.15) is 6.92 Å². The molecule has 0 bridgehead atoms. The van der Waals surface area contributed by atoms with E-state index in [-0.39, 0.29) is 35.3 Å². The molecule has 0 amide bonds. The molecule has 4 nitrogen and oxygen atoms in total. The summed E-state index contributed by atoms with van der Waals surface area (Å²) in [5, 5.41) is 0. The van der Waals surface area contributed by atoms with Crippen molar-refractivity contribution in [3.63, 3.8) is 0 Å². The smallest absolute Gasteiger partial charge is 0.772 e. The molecule has 6 heteroatoms. The summed E-state index contributed by atoms with van der Waals surface area (Å²) in [6.07, 6.45) is 0. The van der Waals surface area contributed by atoms with E-state index in [1.807, 2.05) is 0 Å². The van der Waals surface area contributed by atoms with E-state index in [2.05, 4.69) is 4.74 Å². The van der Waals surface area contributed by atoms with Crippen LogP contribution in [0.3, 0.4) is 0 Å². The minimum Gasteiger partial charge on any atom is -0.772 e. The van der Waals surface area contributed by atoms with Crippen LogP contribution in [0.25, 0.3) is 0 Å². The zero-order valence-electron chi connectivity index (χ0n) is 6.83. The number of hydrogen-bond donors (Lipinski definition) is 0. The van der Waals surface area contributed by atoms with E-state index in [1.165, 1.54) is 14.0 Å². The average Bonchev–Trinajstić information content (AvgIpc) is 1.85. The van der Waals surface area contributed by atoms with Gasteiger partial charge >= 0.3 is 35.5 Å². The topological polar surface area (TPSA) is 66.4 Å². The van der Waals surface area contributed by atoms with E-state index < -0.39 is 23.0 Å². The molecule has 0 rings (SSSR count). The number of esters is 1. The van der Waals surface area contributed by atoms with Gasteiger partial charge in [-0.2, -0.15) is 0 Å². The first-order valence-electron chi connectivity index (χ1n) is 2.71. The first-order valence-corrected chi connectivity index (χ1v) is 3.96. The Hall–Kier alpha value is 0.580. The molecule has 0 aromatic rings. The Bertz CT molecular complexity index is 149. The summed E-state index contributed by atoms with van der Waals surface area (Å²) in [5.41, 5.74) is 0. The quantitative estimate of drug-likeness (QED) is 0.264. The number of carbonyl (C=O) groups is 1. The average molecular weight is 188 g/mol. The van der Waals surface area contributed by atoms with Crippen LogP contribution in [-0.4, -0.2) is 27.6 Å². The van der Waals surface area contributed by atoms with Gasteiger partial charge in [0.25, 0.3) is 0 Å². The Morgan fingerprint density at radius 3 is 2.45 bits per heavy atom. The van der Waals surface area contributed by atoms with Crippen LogP contribution < -0.4 is 29.6 Å². The summed E-state index contributed by atoms with van der Waals surface area (Å²) in [7, 11) is 1.23. The molecule has 0 radical (unpaired) electrons. The Balaban J connectivity index is 0. The van der Waals surface area contributed by atoms with E-state index in [9.17, 15) is 13.6 Å². The van der Waals surface area contributed by atoms with Crippen molar-refractivity contribution < 1.29 is 47.9 Å². The molecule has 0 aliphatic carbocycles. The van der Waals surface area contributed by atoms with Crippen molar-refractivity contribution in [3.05, 3.63) is 0 Å². The molecule has 0 aliphatic heterocycles. The number of hydrogen-bond acceptors (Lipinski definition) is 4. The van der Waals surface area contributed by atoms with Crippen LogP contribution in [0.2, 0.25) is 0 Å². The van der Waals surface area contributed by atoms with Gasteiger partial charge in [0.15, 0.2) is 0 Å². The number of ether oxygens (including phenoxy) is 1. The molecule has 0 saturated carbocycles. The van der Waals surface area contributed by atoms with E-state index >= 15 is 0 Å². The van der Waals surface area contributed by atoms with Crippen LogP contribution in [-0.2, 0) is 20.6 Å². The van der Waals surface area contributed by atoms with Crippen LogP contribution in [0.4, 0.5) is 0 Å². The first kappa shape index (κ1) is 14.1. The van der Waals surface area contributed by atoms with Gasteiger partial charge in [-0.1, -0.05) is 18.0 Å². The van der Waals surface area contributed by atoms with Gasteiger partial charge in [-0.3, -0.25) is 9.00 Å². The van der Waals surface area contributed by atoms with Crippen LogP contribution in [0.15, 0.2) is 0 Å². The molecule has 0 N–H and O–H groups in total. The molecule has 2 unspecified atom stereocenters. The van der Waals surface area contributed by atoms with E-state index in [0.717, 1.165) is 0 Å². The van der Waals surface area contributed by atoms with Crippen molar-refractivity contribution >= 4 is 17.0 Å². The second-order valence-corrected chi connectivity index (χ2v) is 2.84. The van der Waals surface area contributed by atoms with Crippen molar-refractivity contribution in [1.82, 2.24) is 0 Å². The normalized spacial score (nSPS) is 14.5. The van der Waals surface area contributed by atoms with Gasteiger partial charge < -0.3 is 9.29 Å². The Morgan fingerprint density at radius 2 is 2.18 bits per heavy atom. The second kappa shape index (κ2) is 7.24. The summed E-state index contributed by atoms with van der Waals surface area (Å²) >= 11 is -2.17. The van der Waals surface area contributed by atoms with Crippen molar-refractivity contribution in [2.45, 2.75) is 6.92 Å². The molecule has 0 aromatic heterocycles. The van der Waals surface area contributed by atoms with Crippen LogP contribution in [0, 0.1) is 5.92 Å². The fourth-order valence-electron chi connectivity index (χ4n) is 0.473. The summed E-state index contributed by atoms with van der Waals surface area (Å²) < 4.78 is 24.3. The summed E-state index contributed by atoms with van der Waals surface area (Å²) in [6, 6.07) is 0. The zero-order valence-corrected chi connectivity index (χ0v) is 9.64. The predicted octanol–water partition coefficient (Wildman–Crippen LogP) is -3.32. The van der Waals surface area contributed by atoms with Gasteiger partial charge in [-0.25, -0.2) is 0 Å². The fourth-order valence-corrected chi connectivity index (χ4v) is 1.02. The van der Waals surface area contributed by atoms with E-state index in [4.69, 9.17) is 0 Å². The number of carbonyl (C=O) groups excluding carboxylic acids is 1. The SMILES string of the molecule is COC(=O)C(C)CS(=O)[O-].[Na+]. The number of rotatable bonds is 3. The summed E-state index contributed by atoms with van der Waals surface area (Å²) in [5.74, 6) is -1.24. The van der Waals surface area contributed by atoms with E-state index in [0.29, 0.717) is 0 Å². The van der Waals surface area contributed by atoms with Gasteiger partial charge in [0.1, 0.15) is 0 Å². The minimum atomic E-state index is -2.17. The summed E-state index contributed by atoms with van der Waals surface area (Å²) in [4.78, 5) is 10.6. The minimum absolute atomic E-state index is 0. The molecule has 0 aromatic carbocycles. The molecule has 2 atom stereocenters. The number of methoxy groups -OCH3 is 1. The largest absolute Gasteiger partial charge is 1.00 e. The Kier molecular flexibility index (Phi) is 9.30. The fraction of sp³-hybridized carbons (Fsp3) is 0.800. The molecule has 0 aliphatic rings. The third-order valence-electron chi connectivity index (χ3n) is 0.990. The Labute approximate surface area is 90.3 Å². The van der Waals surface area contributed by atoms with Crippen molar-refractivity contribution in [1.29, 1.82) is 0 Å². The van der Waals surface area contributed by atoms with Gasteiger partial charge in [0.05, 0.1) is 13.0 Å². The maximum Gasteiger partial charge on any atom is 1.00 e. The maximum atomic E-state index is 10.6. The van der Waals surface area contributed by atoms with Crippen LogP contribution in [0.5, 0.6) is 0 Å². The third-order valence-corrected chi connectivity index (χ3v) is 1.76. The van der Waals surface area contributed by atoms with Crippen molar-refractivity contribution in [3.8, 4) is 0 Å².